The summed E-state index contributed by atoms with van der Waals surface area (Å²) in [6.45, 7) is 2.44. The van der Waals surface area contributed by atoms with E-state index in [0.29, 0.717) is 6.54 Å². The van der Waals surface area contributed by atoms with Crippen molar-refractivity contribution in [2.24, 2.45) is 12.8 Å². The van der Waals surface area contributed by atoms with E-state index >= 15 is 0 Å². The Balaban J connectivity index is 2.58. The average Bonchev–Trinajstić information content (AvgIpc) is 2.55. The lowest BCUT2D eigenvalue weighted by Gasteiger charge is -2.04. The van der Waals surface area contributed by atoms with Gasteiger partial charge in [-0.15, -0.1) is 0 Å². The van der Waals surface area contributed by atoms with Gasteiger partial charge < -0.3 is 10.3 Å². The molecule has 2 N–H and O–H groups in total. The first kappa shape index (κ1) is 9.86. The minimum Gasteiger partial charge on any atom is -0.330 e. The highest BCUT2D eigenvalue weighted by atomic mass is 15.1. The molecule has 2 heterocycles. The van der Waals surface area contributed by atoms with Crippen LogP contribution in [0.15, 0.2) is 24.5 Å². The van der Waals surface area contributed by atoms with Crippen LogP contribution in [0.4, 0.5) is 0 Å². The van der Waals surface area contributed by atoms with Crippen molar-refractivity contribution in [2.75, 3.05) is 0 Å². The summed E-state index contributed by atoms with van der Waals surface area (Å²) < 4.78 is 2.02. The molecule has 2 aromatic heterocycles. The summed E-state index contributed by atoms with van der Waals surface area (Å²) in [7, 11) is 1.98. The van der Waals surface area contributed by atoms with Gasteiger partial charge in [-0.25, -0.2) is 4.98 Å². The third-order valence-electron chi connectivity index (χ3n) is 2.48. The monoisotopic (exact) mass is 202 g/mol. The average molecular weight is 202 g/mol. The second kappa shape index (κ2) is 3.82. The van der Waals surface area contributed by atoms with E-state index in [-0.39, 0.29) is 0 Å². The van der Waals surface area contributed by atoms with Crippen LogP contribution in [0, 0.1) is 6.92 Å². The van der Waals surface area contributed by atoms with E-state index in [0.717, 1.165) is 22.8 Å². The first-order valence-electron chi connectivity index (χ1n) is 4.86. The van der Waals surface area contributed by atoms with Crippen molar-refractivity contribution in [1.29, 1.82) is 0 Å². The molecule has 0 atom stereocenters. The van der Waals surface area contributed by atoms with E-state index in [1.807, 2.05) is 36.9 Å². The van der Waals surface area contributed by atoms with Crippen LogP contribution in [0.5, 0.6) is 0 Å². The van der Waals surface area contributed by atoms with Crippen molar-refractivity contribution >= 4 is 0 Å². The lowest BCUT2D eigenvalue weighted by molar-refractivity contribution is 0.798. The summed E-state index contributed by atoms with van der Waals surface area (Å²) in [5, 5.41) is 0. The molecule has 0 unspecified atom stereocenters. The molecule has 0 saturated heterocycles. The fraction of sp³-hybridized carbons (Fsp3) is 0.273. The molecule has 2 rings (SSSR count). The number of nitrogens with zero attached hydrogens (tertiary/aromatic N) is 3. The summed E-state index contributed by atoms with van der Waals surface area (Å²) in [5.41, 5.74) is 8.76. The van der Waals surface area contributed by atoms with Crippen molar-refractivity contribution in [3.8, 4) is 11.3 Å². The Bertz CT molecular complexity index is 459. The van der Waals surface area contributed by atoms with E-state index in [2.05, 4.69) is 9.97 Å². The van der Waals surface area contributed by atoms with Crippen molar-refractivity contribution in [3.05, 3.63) is 36.0 Å². The summed E-state index contributed by atoms with van der Waals surface area (Å²) in [6.07, 6.45) is 3.60. The van der Waals surface area contributed by atoms with Crippen LogP contribution in [-0.4, -0.2) is 14.5 Å². The van der Waals surface area contributed by atoms with E-state index in [4.69, 9.17) is 5.73 Å². The normalized spacial score (nSPS) is 10.6. The molecular formula is C11H14N4. The SMILES string of the molecule is Cc1nc(CN)n(C)c1-c1cccnc1. The number of aromatic nitrogens is 3. The molecule has 78 valence electrons. The molecular weight excluding hydrogens is 188 g/mol. The Labute approximate surface area is 88.8 Å². The lowest BCUT2D eigenvalue weighted by atomic mass is 10.2. The molecule has 0 spiro atoms. The maximum absolute atomic E-state index is 5.61. The van der Waals surface area contributed by atoms with Crippen LogP contribution in [0.25, 0.3) is 11.3 Å². The van der Waals surface area contributed by atoms with Gasteiger partial charge in [0, 0.05) is 25.0 Å². The third-order valence-corrected chi connectivity index (χ3v) is 2.48. The van der Waals surface area contributed by atoms with Gasteiger partial charge in [0.25, 0.3) is 0 Å². The Morgan fingerprint density at radius 3 is 2.80 bits per heavy atom. The molecule has 4 heteroatoms. The summed E-state index contributed by atoms with van der Waals surface area (Å²) in [6, 6.07) is 3.95. The molecule has 0 aliphatic carbocycles. The highest BCUT2D eigenvalue weighted by molar-refractivity contribution is 5.61. The Hall–Kier alpha value is -1.68. The smallest absolute Gasteiger partial charge is 0.122 e. The fourth-order valence-electron chi connectivity index (χ4n) is 1.78. The minimum atomic E-state index is 0.456. The van der Waals surface area contributed by atoms with Gasteiger partial charge in [-0.1, -0.05) is 0 Å². The molecule has 0 aliphatic rings. The van der Waals surface area contributed by atoms with Crippen molar-refractivity contribution < 1.29 is 0 Å². The quantitative estimate of drug-likeness (QED) is 0.797. The molecule has 0 aromatic carbocycles. The van der Waals surface area contributed by atoms with Gasteiger partial charge in [-0.3, -0.25) is 4.98 Å². The van der Waals surface area contributed by atoms with Gasteiger partial charge in [-0.05, 0) is 19.1 Å². The molecule has 0 radical (unpaired) electrons. The van der Waals surface area contributed by atoms with Crippen LogP contribution in [0.3, 0.4) is 0 Å². The summed E-state index contributed by atoms with van der Waals surface area (Å²) in [5.74, 6) is 0.895. The third kappa shape index (κ3) is 1.64. The van der Waals surface area contributed by atoms with E-state index in [9.17, 15) is 0 Å². The highest BCUT2D eigenvalue weighted by Gasteiger charge is 2.11. The first-order chi connectivity index (χ1) is 7.24. The van der Waals surface area contributed by atoms with Gasteiger partial charge in [0.2, 0.25) is 0 Å². The largest absolute Gasteiger partial charge is 0.330 e. The number of aryl methyl sites for hydroxylation is 1. The number of imidazole rings is 1. The van der Waals surface area contributed by atoms with Crippen LogP contribution in [-0.2, 0) is 13.6 Å². The van der Waals surface area contributed by atoms with Crippen LogP contribution < -0.4 is 5.73 Å². The topological polar surface area (TPSA) is 56.7 Å². The Kier molecular flexibility index (Phi) is 2.51. The maximum Gasteiger partial charge on any atom is 0.122 e. The zero-order valence-electron chi connectivity index (χ0n) is 8.94. The van der Waals surface area contributed by atoms with Crippen LogP contribution in [0.2, 0.25) is 0 Å². The van der Waals surface area contributed by atoms with Gasteiger partial charge in [0.15, 0.2) is 0 Å². The number of rotatable bonds is 2. The first-order valence-corrected chi connectivity index (χ1v) is 4.86. The second-order valence-electron chi connectivity index (χ2n) is 3.47. The fourth-order valence-corrected chi connectivity index (χ4v) is 1.78. The van der Waals surface area contributed by atoms with Gasteiger partial charge in [0.1, 0.15) is 5.82 Å². The van der Waals surface area contributed by atoms with Crippen molar-refractivity contribution in [1.82, 2.24) is 14.5 Å². The maximum atomic E-state index is 5.61. The second-order valence-corrected chi connectivity index (χ2v) is 3.47. The van der Waals surface area contributed by atoms with Gasteiger partial charge in [-0.2, -0.15) is 0 Å². The zero-order chi connectivity index (χ0) is 10.8. The standard InChI is InChI=1S/C11H14N4/c1-8-11(9-4-3-5-13-7-9)15(2)10(6-12)14-8/h3-5,7H,6,12H2,1-2H3. The molecule has 0 saturated carbocycles. The summed E-state index contributed by atoms with van der Waals surface area (Å²) >= 11 is 0. The van der Waals surface area contributed by atoms with Crippen LogP contribution >= 0.6 is 0 Å². The Morgan fingerprint density at radius 1 is 1.47 bits per heavy atom. The molecule has 0 aliphatic heterocycles. The number of pyridine rings is 1. The molecule has 2 aromatic rings. The predicted octanol–water partition coefficient (Wildman–Crippen LogP) is 1.25. The van der Waals surface area contributed by atoms with Crippen LogP contribution in [0.1, 0.15) is 11.5 Å². The zero-order valence-corrected chi connectivity index (χ0v) is 8.94. The van der Waals surface area contributed by atoms with Gasteiger partial charge >= 0.3 is 0 Å². The molecule has 15 heavy (non-hydrogen) atoms. The van der Waals surface area contributed by atoms with Crippen molar-refractivity contribution in [3.63, 3.8) is 0 Å². The van der Waals surface area contributed by atoms with Gasteiger partial charge in [0.05, 0.1) is 17.9 Å². The number of hydrogen-bond donors (Lipinski definition) is 1. The number of nitrogens with two attached hydrogens (primary N) is 1. The van der Waals surface area contributed by atoms with E-state index in [1.165, 1.54) is 0 Å². The molecule has 0 bridgehead atoms. The molecule has 0 amide bonds. The molecule has 4 nitrogen and oxygen atoms in total. The molecule has 0 fully saturated rings. The predicted molar refractivity (Wildman–Crippen MR) is 59.1 cm³/mol. The van der Waals surface area contributed by atoms with E-state index in [1.54, 1.807) is 6.20 Å². The van der Waals surface area contributed by atoms with Crippen molar-refractivity contribution in [2.45, 2.75) is 13.5 Å². The Morgan fingerprint density at radius 2 is 2.27 bits per heavy atom. The minimum absolute atomic E-state index is 0.456. The van der Waals surface area contributed by atoms with E-state index < -0.39 is 0 Å². The summed E-state index contributed by atoms with van der Waals surface area (Å²) in [4.78, 5) is 8.52. The number of hydrogen-bond acceptors (Lipinski definition) is 3. The highest BCUT2D eigenvalue weighted by Crippen LogP contribution is 2.22. The lowest BCUT2D eigenvalue weighted by Crippen LogP contribution is -2.05.